The van der Waals surface area contributed by atoms with Crippen molar-refractivity contribution < 1.29 is 9.13 Å². The quantitative estimate of drug-likeness (QED) is 0.873. The molecule has 2 aromatic rings. The van der Waals surface area contributed by atoms with E-state index in [0.717, 1.165) is 11.1 Å². The third kappa shape index (κ3) is 3.27. The van der Waals surface area contributed by atoms with Gasteiger partial charge in [-0.2, -0.15) is 0 Å². The molecule has 2 nitrogen and oxygen atoms in total. The van der Waals surface area contributed by atoms with Gasteiger partial charge in [-0.15, -0.1) is 0 Å². The lowest BCUT2D eigenvalue weighted by Crippen LogP contribution is -2.19. The number of halogens is 2. The fraction of sp³-hybridized carbons (Fsp3) is 0.294. The van der Waals surface area contributed by atoms with E-state index >= 15 is 0 Å². The molecule has 0 bridgehead atoms. The second-order valence-corrected chi connectivity index (χ2v) is 5.93. The number of methoxy groups -OCH3 is 1. The van der Waals surface area contributed by atoms with Crippen molar-refractivity contribution >= 4 is 15.9 Å². The van der Waals surface area contributed by atoms with Crippen molar-refractivity contribution in [1.82, 2.24) is 5.32 Å². The summed E-state index contributed by atoms with van der Waals surface area (Å²) in [6.07, 6.45) is 0. The van der Waals surface area contributed by atoms with Gasteiger partial charge in [0.25, 0.3) is 0 Å². The van der Waals surface area contributed by atoms with Gasteiger partial charge in [0.1, 0.15) is 11.6 Å². The van der Waals surface area contributed by atoms with Crippen molar-refractivity contribution in [2.24, 2.45) is 0 Å². The second-order valence-electron chi connectivity index (χ2n) is 5.07. The highest BCUT2D eigenvalue weighted by molar-refractivity contribution is 9.10. The smallest absolute Gasteiger partial charge is 0.141 e. The standard InChI is InChI=1S/C17H19BrFNO/c1-10-5-6-12(7-11(10)2)17(20-3)13-8-14(18)15(19)9-16(13)21-4/h5-9,17,20H,1-4H3. The molecule has 0 aliphatic rings. The summed E-state index contributed by atoms with van der Waals surface area (Å²) in [4.78, 5) is 0. The second kappa shape index (κ2) is 6.58. The Bertz CT molecular complexity index is 657. The van der Waals surface area contributed by atoms with Crippen molar-refractivity contribution in [3.05, 3.63) is 62.9 Å². The van der Waals surface area contributed by atoms with Crippen LogP contribution >= 0.6 is 15.9 Å². The first-order valence-electron chi connectivity index (χ1n) is 6.75. The van der Waals surface area contributed by atoms with E-state index in [1.165, 1.54) is 17.2 Å². The third-order valence-electron chi connectivity index (χ3n) is 3.74. The molecule has 0 saturated heterocycles. The summed E-state index contributed by atoms with van der Waals surface area (Å²) in [6.45, 7) is 4.17. The average Bonchev–Trinajstić information content (AvgIpc) is 2.46. The maximum atomic E-state index is 13.7. The average molecular weight is 352 g/mol. The largest absolute Gasteiger partial charge is 0.496 e. The summed E-state index contributed by atoms with van der Waals surface area (Å²) in [5.41, 5.74) is 4.50. The predicted molar refractivity (Wildman–Crippen MR) is 87.5 cm³/mol. The molecule has 0 aromatic heterocycles. The zero-order valence-corrected chi connectivity index (χ0v) is 14.2. The number of rotatable bonds is 4. The Morgan fingerprint density at radius 1 is 1.14 bits per heavy atom. The number of aryl methyl sites for hydroxylation is 2. The van der Waals surface area contributed by atoms with Crippen LogP contribution in [-0.2, 0) is 0 Å². The Labute approximate surface area is 133 Å². The van der Waals surface area contributed by atoms with Crippen LogP contribution in [0.2, 0.25) is 0 Å². The number of benzene rings is 2. The van der Waals surface area contributed by atoms with E-state index < -0.39 is 0 Å². The molecule has 0 heterocycles. The van der Waals surface area contributed by atoms with Crippen molar-refractivity contribution in [2.75, 3.05) is 14.2 Å². The van der Waals surface area contributed by atoms with Crippen LogP contribution in [0.5, 0.6) is 5.75 Å². The lowest BCUT2D eigenvalue weighted by molar-refractivity contribution is 0.401. The summed E-state index contributed by atoms with van der Waals surface area (Å²) >= 11 is 3.25. The lowest BCUT2D eigenvalue weighted by Gasteiger charge is -2.21. The zero-order valence-electron chi connectivity index (χ0n) is 12.6. The van der Waals surface area contributed by atoms with Crippen molar-refractivity contribution in [3.63, 3.8) is 0 Å². The Morgan fingerprint density at radius 3 is 2.43 bits per heavy atom. The molecule has 4 heteroatoms. The molecule has 21 heavy (non-hydrogen) atoms. The highest BCUT2D eigenvalue weighted by Gasteiger charge is 2.19. The summed E-state index contributed by atoms with van der Waals surface area (Å²) in [5, 5.41) is 3.28. The van der Waals surface area contributed by atoms with Gasteiger partial charge in [-0.3, -0.25) is 0 Å². The predicted octanol–water partition coefficient (Wildman–Crippen LogP) is 4.52. The molecule has 1 atom stereocenters. The monoisotopic (exact) mass is 351 g/mol. The van der Waals surface area contributed by atoms with E-state index in [2.05, 4.69) is 53.3 Å². The highest BCUT2D eigenvalue weighted by Crippen LogP contribution is 2.34. The molecule has 1 N–H and O–H groups in total. The van der Waals surface area contributed by atoms with E-state index in [0.29, 0.717) is 10.2 Å². The van der Waals surface area contributed by atoms with Gasteiger partial charge in [0.05, 0.1) is 17.6 Å². The van der Waals surface area contributed by atoms with Gasteiger partial charge in [-0.25, -0.2) is 4.39 Å². The first kappa shape index (κ1) is 16.0. The fourth-order valence-corrected chi connectivity index (χ4v) is 2.75. The van der Waals surface area contributed by atoms with Crippen LogP contribution in [0.3, 0.4) is 0 Å². The van der Waals surface area contributed by atoms with Crippen LogP contribution in [0, 0.1) is 19.7 Å². The summed E-state index contributed by atoms with van der Waals surface area (Å²) in [5.74, 6) is 0.207. The Hall–Kier alpha value is -1.39. The molecular weight excluding hydrogens is 333 g/mol. The normalized spacial score (nSPS) is 12.3. The SMILES string of the molecule is CNC(c1ccc(C)c(C)c1)c1cc(Br)c(F)cc1OC. The van der Waals surface area contributed by atoms with Gasteiger partial charge in [0.15, 0.2) is 0 Å². The number of nitrogens with one attached hydrogen (secondary N) is 1. The maximum Gasteiger partial charge on any atom is 0.141 e. The van der Waals surface area contributed by atoms with Gasteiger partial charge in [-0.05, 0) is 59.6 Å². The third-order valence-corrected chi connectivity index (χ3v) is 4.34. The summed E-state index contributed by atoms with van der Waals surface area (Å²) in [7, 11) is 3.44. The van der Waals surface area contributed by atoms with Crippen LogP contribution in [0.15, 0.2) is 34.8 Å². The molecule has 0 aliphatic carbocycles. The topological polar surface area (TPSA) is 21.3 Å². The molecule has 0 fully saturated rings. The zero-order chi connectivity index (χ0) is 15.6. The van der Waals surface area contributed by atoms with Crippen LogP contribution < -0.4 is 10.1 Å². The summed E-state index contributed by atoms with van der Waals surface area (Å²) < 4.78 is 19.5. The minimum atomic E-state index is -0.328. The van der Waals surface area contributed by atoms with Gasteiger partial charge in [0, 0.05) is 11.6 Å². The van der Waals surface area contributed by atoms with Crippen LogP contribution in [0.25, 0.3) is 0 Å². The summed E-state index contributed by atoms with van der Waals surface area (Å²) in [6, 6.07) is 9.44. The molecule has 0 saturated carbocycles. The first-order chi connectivity index (χ1) is 9.97. The molecule has 112 valence electrons. The molecule has 0 radical (unpaired) electrons. The maximum absolute atomic E-state index is 13.7. The van der Waals surface area contributed by atoms with Crippen molar-refractivity contribution in [3.8, 4) is 5.75 Å². The Balaban J connectivity index is 2.55. The van der Waals surface area contributed by atoms with Crippen molar-refractivity contribution in [2.45, 2.75) is 19.9 Å². The lowest BCUT2D eigenvalue weighted by atomic mass is 9.95. The van der Waals surface area contributed by atoms with E-state index in [4.69, 9.17) is 4.74 Å². The van der Waals surface area contributed by atoms with Gasteiger partial charge < -0.3 is 10.1 Å². The van der Waals surface area contributed by atoms with Gasteiger partial charge >= 0.3 is 0 Å². The Morgan fingerprint density at radius 2 is 1.86 bits per heavy atom. The highest BCUT2D eigenvalue weighted by atomic mass is 79.9. The van der Waals surface area contributed by atoms with E-state index in [9.17, 15) is 4.39 Å². The van der Waals surface area contributed by atoms with Crippen LogP contribution in [-0.4, -0.2) is 14.2 Å². The van der Waals surface area contributed by atoms with Crippen molar-refractivity contribution in [1.29, 1.82) is 0 Å². The number of ether oxygens (including phenoxy) is 1. The number of hydrogen-bond acceptors (Lipinski definition) is 2. The molecule has 2 aromatic carbocycles. The number of hydrogen-bond donors (Lipinski definition) is 1. The van der Waals surface area contributed by atoms with Crippen LogP contribution in [0.4, 0.5) is 4.39 Å². The molecule has 0 amide bonds. The first-order valence-corrected chi connectivity index (χ1v) is 7.54. The van der Waals surface area contributed by atoms with E-state index in [1.807, 2.05) is 7.05 Å². The molecular formula is C17H19BrFNO. The minimum Gasteiger partial charge on any atom is -0.496 e. The molecule has 1 unspecified atom stereocenters. The van der Waals surface area contributed by atoms with Gasteiger partial charge in [-0.1, -0.05) is 18.2 Å². The van der Waals surface area contributed by atoms with E-state index in [1.54, 1.807) is 13.2 Å². The fourth-order valence-electron chi connectivity index (χ4n) is 2.39. The van der Waals surface area contributed by atoms with Gasteiger partial charge in [0.2, 0.25) is 0 Å². The molecule has 2 rings (SSSR count). The van der Waals surface area contributed by atoms with Crippen LogP contribution in [0.1, 0.15) is 28.3 Å². The molecule has 0 aliphatic heterocycles. The minimum absolute atomic E-state index is 0.0591. The molecule has 0 spiro atoms. The Kier molecular flexibility index (Phi) is 5.01. The van der Waals surface area contributed by atoms with E-state index in [-0.39, 0.29) is 11.9 Å².